The first kappa shape index (κ1) is 26.9. The Morgan fingerprint density at radius 1 is 1.23 bits per heavy atom. The third kappa shape index (κ3) is 6.16. The predicted molar refractivity (Wildman–Crippen MR) is 125 cm³/mol. The number of benzene rings is 2. The van der Waals surface area contributed by atoms with Crippen molar-refractivity contribution >= 4 is 51.6 Å². The number of hydrogen-bond donors (Lipinski definition) is 2. The van der Waals surface area contributed by atoms with Gasteiger partial charge in [-0.2, -0.15) is 5.26 Å². The lowest BCUT2D eigenvalue weighted by molar-refractivity contribution is -0.393. The number of rotatable bonds is 9. The molecule has 0 heterocycles. The van der Waals surface area contributed by atoms with Crippen molar-refractivity contribution in [2.24, 2.45) is 10.2 Å². The smallest absolute Gasteiger partial charge is 0.305 e. The molecular weight excluding hydrogens is 486 g/mol. The van der Waals surface area contributed by atoms with Crippen molar-refractivity contribution in [3.63, 3.8) is 0 Å². The zero-order chi connectivity index (χ0) is 26.4. The minimum absolute atomic E-state index is 0.0142. The third-order valence-electron chi connectivity index (χ3n) is 4.59. The van der Waals surface area contributed by atoms with Crippen molar-refractivity contribution < 1.29 is 24.5 Å². The van der Waals surface area contributed by atoms with E-state index in [2.05, 4.69) is 15.5 Å². The van der Waals surface area contributed by atoms with E-state index in [0.29, 0.717) is 6.07 Å². The van der Waals surface area contributed by atoms with Crippen LogP contribution in [0.15, 0.2) is 34.5 Å². The minimum Gasteiger partial charge on any atom is -0.494 e. The summed E-state index contributed by atoms with van der Waals surface area (Å²) in [7, 11) is 1.33. The molecule has 184 valence electrons. The van der Waals surface area contributed by atoms with E-state index in [1.54, 1.807) is 6.92 Å². The Morgan fingerprint density at radius 2 is 1.89 bits per heavy atom. The number of hydrogen-bond acceptors (Lipinski definition) is 11. The summed E-state index contributed by atoms with van der Waals surface area (Å²) in [5.41, 5.74) is -1.48. The maximum absolute atomic E-state index is 11.8. The van der Waals surface area contributed by atoms with E-state index in [-0.39, 0.29) is 27.8 Å². The van der Waals surface area contributed by atoms with Gasteiger partial charge in [0, 0.05) is 19.1 Å². The van der Waals surface area contributed by atoms with Gasteiger partial charge in [-0.05, 0) is 19.9 Å². The number of carbonyl (C=O) groups is 1. The van der Waals surface area contributed by atoms with Crippen molar-refractivity contribution in [1.29, 1.82) is 5.26 Å². The summed E-state index contributed by atoms with van der Waals surface area (Å²) < 4.78 is 5.37. The molecule has 0 bridgehead atoms. The second-order valence-electron chi connectivity index (χ2n) is 7.08. The molecular formula is C20H20ClN7O7. The van der Waals surface area contributed by atoms with Crippen LogP contribution in [0.4, 0.5) is 34.1 Å². The van der Waals surface area contributed by atoms with Crippen molar-refractivity contribution in [3.8, 4) is 11.8 Å². The number of nitrogens with zero attached hydrogens (tertiary/aromatic N) is 6. The van der Waals surface area contributed by atoms with Crippen LogP contribution in [0.25, 0.3) is 0 Å². The zero-order valence-corrected chi connectivity index (χ0v) is 19.7. The van der Waals surface area contributed by atoms with Crippen molar-refractivity contribution in [2.75, 3.05) is 17.3 Å². The number of anilines is 2. The topological polar surface area (TPSA) is 197 Å². The van der Waals surface area contributed by atoms with Crippen LogP contribution in [-0.2, 0) is 4.79 Å². The molecule has 0 spiro atoms. The molecule has 2 N–H and O–H groups in total. The minimum atomic E-state index is -1.11. The number of nitro benzene ring substituents is 2. The SMILES string of the molecule is COc1cc(/N=N/c2c(Cl)cc([N+](=O)[O-])cc2[N+](=O)[O-])c(NC(C)=O)cc1N(C(C)O)C(C)C#N. The maximum Gasteiger partial charge on any atom is 0.305 e. The number of ether oxygens (including phenoxy) is 1. The highest BCUT2D eigenvalue weighted by Crippen LogP contribution is 2.43. The monoisotopic (exact) mass is 505 g/mol. The maximum atomic E-state index is 11.8. The standard InChI is InChI=1S/C20H20ClN7O7/c1-10(9-22)26(12(3)30)17-7-15(23-11(2)29)16(8-19(17)35-4)24-25-20-14(21)5-13(27(31)32)6-18(20)28(33)34/h5-8,10,12,30H,1-4H3,(H,23,29)/b25-24+. The molecule has 0 fully saturated rings. The molecule has 2 aromatic rings. The molecule has 2 atom stereocenters. The van der Waals surface area contributed by atoms with E-state index >= 15 is 0 Å². The highest BCUT2D eigenvalue weighted by Gasteiger charge is 2.26. The van der Waals surface area contributed by atoms with Gasteiger partial charge in [0.05, 0.1) is 45.5 Å². The molecule has 1 amide bonds. The number of nitrogens with one attached hydrogen (secondary N) is 1. The fourth-order valence-corrected chi connectivity index (χ4v) is 3.36. The van der Waals surface area contributed by atoms with Crippen LogP contribution >= 0.6 is 11.6 Å². The van der Waals surface area contributed by atoms with Crippen molar-refractivity contribution in [3.05, 3.63) is 49.5 Å². The number of nitriles is 1. The third-order valence-corrected chi connectivity index (χ3v) is 4.87. The summed E-state index contributed by atoms with van der Waals surface area (Å²) in [4.78, 5) is 33.9. The second-order valence-corrected chi connectivity index (χ2v) is 7.48. The zero-order valence-electron chi connectivity index (χ0n) is 18.9. The summed E-state index contributed by atoms with van der Waals surface area (Å²) in [5, 5.41) is 51.9. The first-order chi connectivity index (χ1) is 16.4. The molecule has 35 heavy (non-hydrogen) atoms. The first-order valence-corrected chi connectivity index (χ1v) is 10.2. The predicted octanol–water partition coefficient (Wildman–Crippen LogP) is 4.60. The Kier molecular flexibility index (Phi) is 8.59. The number of aliphatic hydroxyl groups excluding tert-OH is 1. The Bertz CT molecular complexity index is 1240. The molecule has 0 radical (unpaired) electrons. The van der Waals surface area contributed by atoms with Crippen LogP contribution in [0.2, 0.25) is 5.02 Å². The number of nitro groups is 2. The molecule has 14 nitrogen and oxygen atoms in total. The van der Waals surface area contributed by atoms with Gasteiger partial charge in [-0.25, -0.2) is 0 Å². The van der Waals surface area contributed by atoms with Gasteiger partial charge in [-0.1, -0.05) is 11.6 Å². The molecule has 0 saturated carbocycles. The fraction of sp³-hybridized carbons (Fsp3) is 0.300. The van der Waals surface area contributed by atoms with Gasteiger partial charge in [0.2, 0.25) is 5.91 Å². The van der Waals surface area contributed by atoms with Gasteiger partial charge in [0.15, 0.2) is 5.69 Å². The number of carbonyl (C=O) groups excluding carboxylic acids is 1. The average molecular weight is 506 g/mol. The molecule has 0 aliphatic carbocycles. The van der Waals surface area contributed by atoms with Crippen LogP contribution < -0.4 is 15.0 Å². The normalized spacial score (nSPS) is 12.5. The van der Waals surface area contributed by atoms with Gasteiger partial charge in [0.25, 0.3) is 5.69 Å². The van der Waals surface area contributed by atoms with E-state index in [9.17, 15) is 35.4 Å². The average Bonchev–Trinajstić information content (AvgIpc) is 2.77. The van der Waals surface area contributed by atoms with Crippen molar-refractivity contribution in [1.82, 2.24) is 0 Å². The number of aliphatic hydroxyl groups is 1. The van der Waals surface area contributed by atoms with Crippen LogP contribution in [0, 0.1) is 31.6 Å². The Hall–Kier alpha value is -4.35. The quantitative estimate of drug-likeness (QED) is 0.211. The lowest BCUT2D eigenvalue weighted by Gasteiger charge is -2.31. The molecule has 0 aliphatic rings. The number of amides is 1. The van der Waals surface area contributed by atoms with Crippen LogP contribution in [0.1, 0.15) is 20.8 Å². The van der Waals surface area contributed by atoms with E-state index < -0.39 is 45.1 Å². The van der Waals surface area contributed by atoms with Gasteiger partial charge in [0.1, 0.15) is 23.7 Å². The van der Waals surface area contributed by atoms with Crippen molar-refractivity contribution in [2.45, 2.75) is 33.0 Å². The summed E-state index contributed by atoms with van der Waals surface area (Å²) in [6.07, 6.45) is -1.11. The van der Waals surface area contributed by atoms with Gasteiger partial charge in [-0.15, -0.1) is 10.2 Å². The number of non-ortho nitro benzene ring substituents is 1. The van der Waals surface area contributed by atoms with E-state index in [0.717, 1.165) is 6.07 Å². The molecule has 15 heteroatoms. The molecule has 2 aromatic carbocycles. The summed E-state index contributed by atoms with van der Waals surface area (Å²) in [6.45, 7) is 4.22. The molecule has 0 saturated heterocycles. The summed E-state index contributed by atoms with van der Waals surface area (Å²) in [6, 6.07) is 5.53. The molecule has 0 aromatic heterocycles. The Morgan fingerprint density at radius 3 is 2.37 bits per heavy atom. The summed E-state index contributed by atoms with van der Waals surface area (Å²) >= 11 is 6.00. The molecule has 2 rings (SSSR count). The fourth-order valence-electron chi connectivity index (χ4n) is 3.11. The highest BCUT2D eigenvalue weighted by molar-refractivity contribution is 6.33. The molecule has 2 unspecified atom stereocenters. The Labute approximate surface area is 203 Å². The van der Waals surface area contributed by atoms with E-state index in [1.807, 2.05) is 6.07 Å². The van der Waals surface area contributed by atoms with Crippen LogP contribution in [0.5, 0.6) is 5.75 Å². The summed E-state index contributed by atoms with van der Waals surface area (Å²) in [5.74, 6) is -0.353. The van der Waals surface area contributed by atoms with Gasteiger partial charge in [-0.3, -0.25) is 25.0 Å². The van der Waals surface area contributed by atoms with E-state index in [1.165, 1.54) is 38.0 Å². The number of azo groups is 1. The number of methoxy groups -OCH3 is 1. The van der Waals surface area contributed by atoms with E-state index in [4.69, 9.17) is 16.3 Å². The van der Waals surface area contributed by atoms with Gasteiger partial charge < -0.3 is 20.1 Å². The first-order valence-electron chi connectivity index (χ1n) is 9.80. The lowest BCUT2D eigenvalue weighted by atomic mass is 10.1. The van der Waals surface area contributed by atoms with Gasteiger partial charge >= 0.3 is 5.69 Å². The Balaban J connectivity index is 2.73. The lowest BCUT2D eigenvalue weighted by Crippen LogP contribution is -2.39. The molecule has 0 aliphatic heterocycles. The largest absolute Gasteiger partial charge is 0.494 e. The van der Waals surface area contributed by atoms with Crippen LogP contribution in [-0.4, -0.2) is 40.2 Å². The highest BCUT2D eigenvalue weighted by atomic mass is 35.5. The second kappa shape index (κ2) is 11.2. The number of halogens is 1. The van der Waals surface area contributed by atoms with Crippen LogP contribution in [0.3, 0.4) is 0 Å².